The molecule has 1 heterocycles. The van der Waals surface area contributed by atoms with Gasteiger partial charge in [0.05, 0.1) is 21.9 Å². The molecule has 0 spiro atoms. The van der Waals surface area contributed by atoms with Gasteiger partial charge in [0, 0.05) is 17.7 Å². The molecule has 3 rings (SSSR count). The van der Waals surface area contributed by atoms with Gasteiger partial charge in [0.15, 0.2) is 0 Å². The number of rotatable bonds is 6. The molecule has 0 aliphatic rings. The Morgan fingerprint density at radius 1 is 1.14 bits per heavy atom. The summed E-state index contributed by atoms with van der Waals surface area (Å²) >= 11 is 0. The van der Waals surface area contributed by atoms with Crippen LogP contribution in [-0.4, -0.2) is 20.7 Å². The number of aromatic nitrogens is 2. The first-order valence-electron chi connectivity index (χ1n) is 9.03. The second kappa shape index (κ2) is 8.04. The lowest BCUT2D eigenvalue weighted by molar-refractivity contribution is -0.385. The number of benzene rings is 2. The summed E-state index contributed by atoms with van der Waals surface area (Å²) in [5.74, 6) is -0.383. The van der Waals surface area contributed by atoms with Gasteiger partial charge in [-0.2, -0.15) is 5.10 Å². The lowest BCUT2D eigenvalue weighted by Gasteiger charge is -2.10. The van der Waals surface area contributed by atoms with Crippen molar-refractivity contribution in [3.63, 3.8) is 0 Å². The van der Waals surface area contributed by atoms with Crippen molar-refractivity contribution in [3.05, 3.63) is 81.0 Å². The van der Waals surface area contributed by atoms with E-state index in [-0.39, 0.29) is 17.1 Å². The molecule has 0 saturated heterocycles. The normalized spacial score (nSPS) is 10.7. The highest BCUT2D eigenvalue weighted by molar-refractivity contribution is 5.91. The number of hydrogen-bond donors (Lipinski definition) is 0. The zero-order valence-corrected chi connectivity index (χ0v) is 16.0. The molecule has 0 saturated carbocycles. The molecule has 7 nitrogen and oxygen atoms in total. The largest absolute Gasteiger partial charge is 0.404 e. The monoisotopic (exact) mass is 379 g/mol. The average molecular weight is 379 g/mol. The van der Waals surface area contributed by atoms with E-state index < -0.39 is 10.9 Å². The van der Waals surface area contributed by atoms with Gasteiger partial charge in [-0.25, -0.2) is 9.48 Å². The van der Waals surface area contributed by atoms with Crippen LogP contribution in [0, 0.1) is 24.0 Å². The molecule has 0 atom stereocenters. The number of hydrogen-bond acceptors (Lipinski definition) is 5. The molecule has 28 heavy (non-hydrogen) atoms. The Bertz CT molecular complexity index is 1040. The fourth-order valence-electron chi connectivity index (χ4n) is 2.92. The number of carbonyl (C=O) groups is 1. The summed E-state index contributed by atoms with van der Waals surface area (Å²) in [5.41, 5.74) is 3.08. The molecule has 0 amide bonds. The molecule has 2 aromatic carbocycles. The second-order valence-corrected chi connectivity index (χ2v) is 6.57. The Labute approximate surface area is 162 Å². The first-order chi connectivity index (χ1) is 13.4. The van der Waals surface area contributed by atoms with Gasteiger partial charge in [0.25, 0.3) is 5.69 Å². The van der Waals surface area contributed by atoms with Gasteiger partial charge in [-0.05, 0) is 38.0 Å². The van der Waals surface area contributed by atoms with Gasteiger partial charge in [-0.1, -0.05) is 37.6 Å². The number of aryl methyl sites for hydroxylation is 3. The highest BCUT2D eigenvalue weighted by Gasteiger charge is 2.20. The van der Waals surface area contributed by atoms with Crippen LogP contribution < -0.4 is 4.74 Å². The summed E-state index contributed by atoms with van der Waals surface area (Å²) in [5, 5.41) is 15.7. The van der Waals surface area contributed by atoms with Gasteiger partial charge >= 0.3 is 5.97 Å². The van der Waals surface area contributed by atoms with Crippen molar-refractivity contribution in [2.75, 3.05) is 0 Å². The third kappa shape index (κ3) is 3.93. The quantitative estimate of drug-likeness (QED) is 0.356. The van der Waals surface area contributed by atoms with E-state index in [2.05, 4.69) is 5.10 Å². The Morgan fingerprint density at radius 3 is 2.57 bits per heavy atom. The fraction of sp³-hybridized carbons (Fsp3) is 0.238. The molecule has 0 unspecified atom stereocenters. The Morgan fingerprint density at radius 2 is 1.89 bits per heavy atom. The van der Waals surface area contributed by atoms with Crippen LogP contribution in [0.4, 0.5) is 5.69 Å². The lowest BCUT2D eigenvalue weighted by atomic mass is 10.1. The summed E-state index contributed by atoms with van der Waals surface area (Å²) in [7, 11) is 0. The molecule has 144 valence electrons. The van der Waals surface area contributed by atoms with Gasteiger partial charge < -0.3 is 4.74 Å². The van der Waals surface area contributed by atoms with Crippen molar-refractivity contribution in [2.24, 2.45) is 0 Å². The Hall–Kier alpha value is -3.48. The maximum Gasteiger partial charge on any atom is 0.345 e. The molecule has 0 radical (unpaired) electrons. The van der Waals surface area contributed by atoms with Crippen LogP contribution in [0.3, 0.4) is 0 Å². The van der Waals surface area contributed by atoms with Crippen LogP contribution in [0.2, 0.25) is 0 Å². The Kier molecular flexibility index (Phi) is 5.54. The summed E-state index contributed by atoms with van der Waals surface area (Å²) in [6, 6.07) is 13.7. The molecule has 0 aliphatic heterocycles. The van der Waals surface area contributed by atoms with Crippen LogP contribution in [0.25, 0.3) is 5.69 Å². The average Bonchev–Trinajstić information content (AvgIpc) is 3.04. The number of ether oxygens (including phenoxy) is 1. The van der Waals surface area contributed by atoms with E-state index in [0.29, 0.717) is 5.56 Å². The molecule has 0 aliphatic carbocycles. The maximum absolute atomic E-state index is 12.6. The molecule has 0 N–H and O–H groups in total. The minimum absolute atomic E-state index is 0.117. The number of nitrogens with zero attached hydrogens (tertiary/aromatic N) is 3. The molecular formula is C21H21N3O4. The van der Waals surface area contributed by atoms with Crippen LogP contribution in [0.15, 0.2) is 48.5 Å². The smallest absolute Gasteiger partial charge is 0.345 e. The van der Waals surface area contributed by atoms with Crippen LogP contribution in [0.1, 0.15) is 40.5 Å². The van der Waals surface area contributed by atoms with E-state index in [1.807, 2.05) is 38.1 Å². The van der Waals surface area contributed by atoms with Gasteiger partial charge in [0.2, 0.25) is 5.88 Å². The molecule has 0 fully saturated rings. The standard InChI is InChI=1S/C21H21N3O4/c1-4-7-17-13-20(23(22-17)18-9-6-5-8-14(18)2)28-21(25)16-11-10-15(3)19(12-16)24(26)27/h5-6,8-13H,4,7H2,1-3H3. The van der Waals surface area contributed by atoms with Gasteiger partial charge in [0.1, 0.15) is 0 Å². The minimum Gasteiger partial charge on any atom is -0.404 e. The number of carbonyl (C=O) groups excluding carboxylic acids is 1. The topological polar surface area (TPSA) is 87.3 Å². The third-order valence-electron chi connectivity index (χ3n) is 4.42. The van der Waals surface area contributed by atoms with E-state index in [4.69, 9.17) is 4.74 Å². The van der Waals surface area contributed by atoms with Crippen molar-refractivity contribution in [1.82, 2.24) is 9.78 Å². The molecule has 1 aromatic heterocycles. The summed E-state index contributed by atoms with van der Waals surface area (Å²) in [4.78, 5) is 23.3. The van der Waals surface area contributed by atoms with Gasteiger partial charge in [-0.3, -0.25) is 10.1 Å². The zero-order valence-electron chi connectivity index (χ0n) is 16.0. The number of nitro benzene ring substituents is 1. The van der Waals surface area contributed by atoms with Crippen molar-refractivity contribution in [2.45, 2.75) is 33.6 Å². The van der Waals surface area contributed by atoms with Crippen molar-refractivity contribution in [3.8, 4) is 11.6 Å². The summed E-state index contributed by atoms with van der Waals surface area (Å²) in [6.07, 6.45) is 1.65. The minimum atomic E-state index is -0.666. The predicted molar refractivity (Wildman–Crippen MR) is 105 cm³/mol. The summed E-state index contributed by atoms with van der Waals surface area (Å²) < 4.78 is 7.18. The SMILES string of the molecule is CCCc1cc(OC(=O)c2ccc(C)c([N+](=O)[O-])c2)n(-c2ccccc2C)n1. The zero-order chi connectivity index (χ0) is 20.3. The van der Waals surface area contributed by atoms with E-state index in [0.717, 1.165) is 29.8 Å². The maximum atomic E-state index is 12.6. The number of nitro groups is 1. The fourth-order valence-corrected chi connectivity index (χ4v) is 2.92. The highest BCUT2D eigenvalue weighted by Crippen LogP contribution is 2.25. The van der Waals surface area contributed by atoms with Crippen molar-refractivity contribution in [1.29, 1.82) is 0 Å². The first-order valence-corrected chi connectivity index (χ1v) is 9.03. The molecular weight excluding hydrogens is 358 g/mol. The summed E-state index contributed by atoms with van der Waals surface area (Å²) in [6.45, 7) is 5.62. The Balaban J connectivity index is 1.98. The van der Waals surface area contributed by atoms with Crippen LogP contribution in [-0.2, 0) is 6.42 Å². The van der Waals surface area contributed by atoms with Crippen LogP contribution in [0.5, 0.6) is 5.88 Å². The molecule has 3 aromatic rings. The van der Waals surface area contributed by atoms with Crippen LogP contribution >= 0.6 is 0 Å². The molecule has 0 bridgehead atoms. The predicted octanol–water partition coefficient (Wildman–Crippen LogP) is 4.57. The van der Waals surface area contributed by atoms with Gasteiger partial charge in [-0.15, -0.1) is 0 Å². The third-order valence-corrected chi connectivity index (χ3v) is 4.42. The van der Waals surface area contributed by atoms with E-state index in [9.17, 15) is 14.9 Å². The van der Waals surface area contributed by atoms with E-state index in [1.165, 1.54) is 18.2 Å². The number of para-hydroxylation sites is 1. The first kappa shape index (κ1) is 19.3. The highest BCUT2D eigenvalue weighted by atomic mass is 16.6. The number of esters is 1. The lowest BCUT2D eigenvalue weighted by Crippen LogP contribution is -2.12. The van der Waals surface area contributed by atoms with E-state index in [1.54, 1.807) is 17.7 Å². The van der Waals surface area contributed by atoms with E-state index >= 15 is 0 Å². The molecule has 7 heteroatoms. The van der Waals surface area contributed by atoms with Crippen molar-refractivity contribution >= 4 is 11.7 Å². The second-order valence-electron chi connectivity index (χ2n) is 6.57. The van der Waals surface area contributed by atoms with Crippen molar-refractivity contribution < 1.29 is 14.5 Å².